The Morgan fingerprint density at radius 2 is 1.95 bits per heavy atom. The van der Waals surface area contributed by atoms with E-state index in [4.69, 9.17) is 16.3 Å². The first-order valence-corrected chi connectivity index (χ1v) is 7.33. The molecular formula is C17H16ClNO2. The molecule has 0 saturated heterocycles. The van der Waals surface area contributed by atoms with Crippen LogP contribution in [0.3, 0.4) is 0 Å². The molecule has 1 N–H and O–H groups in total. The smallest absolute Gasteiger partial charge is 0.227 e. The fourth-order valence-electron chi connectivity index (χ4n) is 2.46. The minimum Gasteiger partial charge on any atom is -0.492 e. The summed E-state index contributed by atoms with van der Waals surface area (Å²) in [6.45, 7) is 0.863. The Labute approximate surface area is 128 Å². The number of fused-ring (bicyclic) bond motifs is 1. The second-order valence-electron chi connectivity index (χ2n) is 5.13. The van der Waals surface area contributed by atoms with Crippen LogP contribution in [0.5, 0.6) is 5.75 Å². The Kier molecular flexibility index (Phi) is 4.11. The molecular weight excluding hydrogens is 286 g/mol. The number of nitrogens with one attached hydrogen (secondary N) is 1. The quantitative estimate of drug-likeness (QED) is 0.945. The van der Waals surface area contributed by atoms with Crippen LogP contribution in [-0.4, -0.2) is 12.5 Å². The van der Waals surface area contributed by atoms with Crippen LogP contribution in [0.15, 0.2) is 48.5 Å². The molecule has 108 valence electrons. The van der Waals surface area contributed by atoms with E-state index in [0.717, 1.165) is 16.9 Å². The van der Waals surface area contributed by atoms with E-state index in [1.807, 2.05) is 48.5 Å². The van der Waals surface area contributed by atoms with Gasteiger partial charge in [-0.1, -0.05) is 48.0 Å². The van der Waals surface area contributed by atoms with Gasteiger partial charge in [0.05, 0.1) is 5.92 Å². The zero-order valence-electron chi connectivity index (χ0n) is 11.5. The number of hydrogen-bond donors (Lipinski definition) is 1. The van der Waals surface area contributed by atoms with Crippen LogP contribution in [0.25, 0.3) is 0 Å². The fourth-order valence-corrected chi connectivity index (χ4v) is 2.67. The van der Waals surface area contributed by atoms with Crippen molar-refractivity contribution in [3.63, 3.8) is 0 Å². The Morgan fingerprint density at radius 3 is 2.81 bits per heavy atom. The maximum Gasteiger partial charge on any atom is 0.227 e. The maximum atomic E-state index is 12.3. The number of ether oxygens (including phenoxy) is 1. The SMILES string of the molecule is O=C(NCc1ccccc1Cl)[C@H]1COc2ccccc2C1. The summed E-state index contributed by atoms with van der Waals surface area (Å²) in [7, 11) is 0. The first kappa shape index (κ1) is 14.0. The van der Waals surface area contributed by atoms with Crippen LogP contribution in [0.1, 0.15) is 11.1 Å². The Morgan fingerprint density at radius 1 is 1.19 bits per heavy atom. The molecule has 0 aromatic heterocycles. The summed E-state index contributed by atoms with van der Waals surface area (Å²) in [5.74, 6) is 0.736. The number of benzene rings is 2. The van der Waals surface area contributed by atoms with Crippen LogP contribution in [0.4, 0.5) is 0 Å². The van der Waals surface area contributed by atoms with Gasteiger partial charge in [0, 0.05) is 11.6 Å². The number of carbonyl (C=O) groups is 1. The first-order chi connectivity index (χ1) is 10.2. The summed E-state index contributed by atoms with van der Waals surface area (Å²) in [6, 6.07) is 15.4. The molecule has 21 heavy (non-hydrogen) atoms. The third-order valence-corrected chi connectivity index (χ3v) is 4.03. The van der Waals surface area contributed by atoms with Gasteiger partial charge in [-0.15, -0.1) is 0 Å². The standard InChI is InChI=1S/C17H16ClNO2/c18-15-7-3-1-6-13(15)10-19-17(20)14-9-12-5-2-4-8-16(12)21-11-14/h1-8,14H,9-11H2,(H,19,20)/t14-/m1/s1. The highest BCUT2D eigenvalue weighted by molar-refractivity contribution is 6.31. The van der Waals surface area contributed by atoms with Gasteiger partial charge in [-0.3, -0.25) is 4.79 Å². The molecule has 1 aliphatic heterocycles. The summed E-state index contributed by atoms with van der Waals surface area (Å²) in [5.41, 5.74) is 2.01. The predicted octanol–water partition coefficient (Wildman–Crippen LogP) is 3.21. The van der Waals surface area contributed by atoms with E-state index < -0.39 is 0 Å². The molecule has 0 unspecified atom stereocenters. The van der Waals surface area contributed by atoms with E-state index in [1.165, 1.54) is 0 Å². The van der Waals surface area contributed by atoms with Gasteiger partial charge in [-0.25, -0.2) is 0 Å². The van der Waals surface area contributed by atoms with Crippen LogP contribution in [-0.2, 0) is 17.8 Å². The van der Waals surface area contributed by atoms with Crippen molar-refractivity contribution in [3.8, 4) is 5.75 Å². The second-order valence-corrected chi connectivity index (χ2v) is 5.54. The molecule has 2 aromatic carbocycles. The van der Waals surface area contributed by atoms with Crippen LogP contribution >= 0.6 is 11.6 Å². The molecule has 0 spiro atoms. The topological polar surface area (TPSA) is 38.3 Å². The van der Waals surface area contributed by atoms with E-state index in [2.05, 4.69) is 5.32 Å². The van der Waals surface area contributed by atoms with Crippen molar-refractivity contribution >= 4 is 17.5 Å². The Bertz CT molecular complexity index is 657. The van der Waals surface area contributed by atoms with E-state index in [0.29, 0.717) is 24.6 Å². The van der Waals surface area contributed by atoms with Gasteiger partial charge < -0.3 is 10.1 Å². The molecule has 0 bridgehead atoms. The first-order valence-electron chi connectivity index (χ1n) is 6.96. The highest BCUT2D eigenvalue weighted by atomic mass is 35.5. The molecule has 1 aliphatic rings. The molecule has 1 heterocycles. The molecule has 0 aliphatic carbocycles. The van der Waals surface area contributed by atoms with Gasteiger partial charge in [-0.2, -0.15) is 0 Å². The lowest BCUT2D eigenvalue weighted by Gasteiger charge is -2.24. The second kappa shape index (κ2) is 6.19. The monoisotopic (exact) mass is 301 g/mol. The van der Waals surface area contributed by atoms with Crippen molar-refractivity contribution in [2.24, 2.45) is 5.92 Å². The highest BCUT2D eigenvalue weighted by Gasteiger charge is 2.25. The number of carbonyl (C=O) groups excluding carboxylic acids is 1. The number of rotatable bonds is 3. The molecule has 0 radical (unpaired) electrons. The van der Waals surface area contributed by atoms with Gasteiger partial charge >= 0.3 is 0 Å². The highest BCUT2D eigenvalue weighted by Crippen LogP contribution is 2.26. The molecule has 0 saturated carbocycles. The summed E-state index contributed by atoms with van der Waals surface area (Å²) < 4.78 is 5.65. The lowest BCUT2D eigenvalue weighted by Crippen LogP contribution is -2.37. The Balaban J connectivity index is 1.61. The number of hydrogen-bond acceptors (Lipinski definition) is 2. The van der Waals surface area contributed by atoms with Gasteiger partial charge in [0.15, 0.2) is 0 Å². The van der Waals surface area contributed by atoms with Crippen molar-refractivity contribution in [3.05, 3.63) is 64.7 Å². The summed E-state index contributed by atoms with van der Waals surface area (Å²) >= 11 is 6.08. The molecule has 2 aromatic rings. The van der Waals surface area contributed by atoms with Gasteiger partial charge in [0.2, 0.25) is 5.91 Å². The van der Waals surface area contributed by atoms with Crippen molar-refractivity contribution in [1.82, 2.24) is 5.32 Å². The van der Waals surface area contributed by atoms with Crippen molar-refractivity contribution in [2.45, 2.75) is 13.0 Å². The van der Waals surface area contributed by atoms with Crippen molar-refractivity contribution in [1.29, 1.82) is 0 Å². The predicted molar refractivity (Wildman–Crippen MR) is 82.4 cm³/mol. The number of amides is 1. The van der Waals surface area contributed by atoms with E-state index in [9.17, 15) is 4.79 Å². The lowest BCUT2D eigenvalue weighted by molar-refractivity contribution is -0.126. The average Bonchev–Trinajstić information content (AvgIpc) is 2.53. The molecule has 0 fully saturated rings. The zero-order valence-corrected chi connectivity index (χ0v) is 12.3. The molecule has 3 rings (SSSR count). The zero-order chi connectivity index (χ0) is 14.7. The van der Waals surface area contributed by atoms with E-state index in [-0.39, 0.29) is 11.8 Å². The largest absolute Gasteiger partial charge is 0.492 e. The van der Waals surface area contributed by atoms with E-state index in [1.54, 1.807) is 0 Å². The third kappa shape index (κ3) is 3.19. The van der Waals surface area contributed by atoms with Crippen molar-refractivity contribution < 1.29 is 9.53 Å². The fraction of sp³-hybridized carbons (Fsp3) is 0.235. The Hall–Kier alpha value is -2.00. The molecule has 1 amide bonds. The van der Waals surface area contributed by atoms with Crippen LogP contribution < -0.4 is 10.1 Å². The normalized spacial score (nSPS) is 16.7. The summed E-state index contributed by atoms with van der Waals surface area (Å²) in [6.07, 6.45) is 0.713. The number of halogens is 1. The number of para-hydroxylation sites is 1. The van der Waals surface area contributed by atoms with Crippen LogP contribution in [0.2, 0.25) is 5.02 Å². The summed E-state index contributed by atoms with van der Waals surface area (Å²) in [5, 5.41) is 3.61. The van der Waals surface area contributed by atoms with Crippen LogP contribution in [0, 0.1) is 5.92 Å². The van der Waals surface area contributed by atoms with Crippen molar-refractivity contribution in [2.75, 3.05) is 6.61 Å². The van der Waals surface area contributed by atoms with Gasteiger partial charge in [-0.05, 0) is 29.7 Å². The van der Waals surface area contributed by atoms with E-state index >= 15 is 0 Å². The molecule has 3 nitrogen and oxygen atoms in total. The minimum atomic E-state index is -0.151. The maximum absolute atomic E-state index is 12.3. The third-order valence-electron chi connectivity index (χ3n) is 3.66. The minimum absolute atomic E-state index is 0.00410. The lowest BCUT2D eigenvalue weighted by atomic mass is 9.96. The van der Waals surface area contributed by atoms with Gasteiger partial charge in [0.25, 0.3) is 0 Å². The van der Waals surface area contributed by atoms with Gasteiger partial charge in [0.1, 0.15) is 12.4 Å². The molecule has 1 atom stereocenters. The summed E-state index contributed by atoms with van der Waals surface area (Å²) in [4.78, 5) is 12.3. The average molecular weight is 302 g/mol. The molecule has 4 heteroatoms.